The van der Waals surface area contributed by atoms with Gasteiger partial charge in [0.2, 0.25) is 5.91 Å². The minimum atomic E-state index is -0.499. The van der Waals surface area contributed by atoms with E-state index in [2.05, 4.69) is 25.1 Å². The highest BCUT2D eigenvalue weighted by Crippen LogP contribution is 2.17. The van der Waals surface area contributed by atoms with E-state index in [1.165, 1.54) is 11.1 Å². The van der Waals surface area contributed by atoms with Crippen molar-refractivity contribution in [1.29, 1.82) is 0 Å². The zero-order valence-electron chi connectivity index (χ0n) is 12.1. The third-order valence-electron chi connectivity index (χ3n) is 3.25. The molecule has 1 rings (SSSR count). The quantitative estimate of drug-likeness (QED) is 0.871. The normalized spacial score (nSPS) is 11.4. The van der Waals surface area contributed by atoms with Gasteiger partial charge in [0.05, 0.1) is 17.9 Å². The third kappa shape index (κ3) is 4.88. The number of aliphatic hydroxyl groups is 1. The van der Waals surface area contributed by atoms with Gasteiger partial charge >= 0.3 is 0 Å². The third-order valence-corrected chi connectivity index (χ3v) is 4.23. The number of carbonyl (C=O) groups is 1. The van der Waals surface area contributed by atoms with E-state index in [1.807, 2.05) is 19.9 Å². The smallest absolute Gasteiger partial charge is 0.232 e. The number of thioether (sulfide) groups is 1. The second-order valence-electron chi connectivity index (χ2n) is 5.41. The molecule has 0 fully saturated rings. The maximum absolute atomic E-state index is 12.0. The second-order valence-corrected chi connectivity index (χ2v) is 6.39. The Kier molecular flexibility index (Phi) is 5.88. The van der Waals surface area contributed by atoms with E-state index >= 15 is 0 Å². The predicted molar refractivity (Wildman–Crippen MR) is 81.3 cm³/mol. The number of benzene rings is 1. The Morgan fingerprint density at radius 2 is 2.11 bits per heavy atom. The molecule has 0 spiro atoms. The van der Waals surface area contributed by atoms with E-state index in [4.69, 9.17) is 0 Å². The number of nitrogens with zero attached hydrogens (tertiary/aromatic N) is 1. The molecule has 0 saturated heterocycles. The second kappa shape index (κ2) is 6.96. The molecule has 0 saturated carbocycles. The number of aryl methyl sites for hydroxylation is 1. The Labute approximate surface area is 120 Å². The van der Waals surface area contributed by atoms with Gasteiger partial charge in [-0.05, 0) is 26.3 Å². The molecular formula is C15H23NO2S. The van der Waals surface area contributed by atoms with E-state index in [-0.39, 0.29) is 12.5 Å². The Morgan fingerprint density at radius 1 is 1.42 bits per heavy atom. The van der Waals surface area contributed by atoms with Crippen LogP contribution in [0, 0.1) is 6.92 Å². The number of aliphatic hydroxyl groups excluding tert-OH is 1. The van der Waals surface area contributed by atoms with Gasteiger partial charge in [-0.3, -0.25) is 4.79 Å². The van der Waals surface area contributed by atoms with Crippen molar-refractivity contribution in [3.8, 4) is 0 Å². The number of hydrogen-bond donors (Lipinski definition) is 1. The van der Waals surface area contributed by atoms with Crippen molar-refractivity contribution in [3.63, 3.8) is 0 Å². The van der Waals surface area contributed by atoms with E-state index in [1.54, 1.807) is 23.7 Å². The standard InChI is InChI=1S/C15H23NO2S/c1-12-6-5-7-13(8-12)9-19-10-14(18)16(4)15(2,3)11-17/h5-8,17H,9-11H2,1-4H3. The van der Waals surface area contributed by atoms with Crippen LogP contribution in [0.15, 0.2) is 24.3 Å². The van der Waals surface area contributed by atoms with Gasteiger partial charge in [-0.1, -0.05) is 29.8 Å². The lowest BCUT2D eigenvalue weighted by molar-refractivity contribution is -0.133. The Morgan fingerprint density at radius 3 is 2.68 bits per heavy atom. The summed E-state index contributed by atoms with van der Waals surface area (Å²) < 4.78 is 0. The van der Waals surface area contributed by atoms with Gasteiger partial charge in [-0.15, -0.1) is 11.8 Å². The van der Waals surface area contributed by atoms with Gasteiger partial charge in [-0.2, -0.15) is 0 Å². The van der Waals surface area contributed by atoms with E-state index in [9.17, 15) is 9.90 Å². The number of rotatable bonds is 6. The Hall–Kier alpha value is -1.00. The van der Waals surface area contributed by atoms with E-state index in [0.29, 0.717) is 5.75 Å². The molecule has 4 heteroatoms. The van der Waals surface area contributed by atoms with Crippen molar-refractivity contribution in [2.24, 2.45) is 0 Å². The monoisotopic (exact) mass is 281 g/mol. The summed E-state index contributed by atoms with van der Waals surface area (Å²) in [5.41, 5.74) is 1.98. The summed E-state index contributed by atoms with van der Waals surface area (Å²) in [4.78, 5) is 13.6. The summed E-state index contributed by atoms with van der Waals surface area (Å²) in [6.07, 6.45) is 0. The molecule has 0 heterocycles. The van der Waals surface area contributed by atoms with Crippen LogP contribution in [-0.2, 0) is 10.5 Å². The molecule has 3 nitrogen and oxygen atoms in total. The zero-order valence-corrected chi connectivity index (χ0v) is 13.0. The van der Waals surface area contributed by atoms with Crippen LogP contribution in [0.3, 0.4) is 0 Å². The average molecular weight is 281 g/mol. The molecule has 0 aliphatic carbocycles. The minimum absolute atomic E-state index is 0.0300. The fourth-order valence-electron chi connectivity index (χ4n) is 1.60. The molecule has 0 bridgehead atoms. The van der Waals surface area contributed by atoms with Crippen LogP contribution in [0.2, 0.25) is 0 Å². The van der Waals surface area contributed by atoms with Gasteiger partial charge < -0.3 is 10.0 Å². The molecule has 106 valence electrons. The fourth-order valence-corrected chi connectivity index (χ4v) is 2.48. The average Bonchev–Trinajstić information content (AvgIpc) is 2.37. The first-order chi connectivity index (χ1) is 8.86. The van der Waals surface area contributed by atoms with Crippen LogP contribution in [0.1, 0.15) is 25.0 Å². The summed E-state index contributed by atoms with van der Waals surface area (Å²) in [7, 11) is 1.74. The van der Waals surface area contributed by atoms with Crippen LogP contribution >= 0.6 is 11.8 Å². The highest BCUT2D eigenvalue weighted by molar-refractivity contribution is 7.99. The van der Waals surface area contributed by atoms with Crippen molar-refractivity contribution in [2.45, 2.75) is 32.1 Å². The molecule has 19 heavy (non-hydrogen) atoms. The molecule has 0 aliphatic heterocycles. The highest BCUT2D eigenvalue weighted by Gasteiger charge is 2.26. The van der Waals surface area contributed by atoms with Crippen molar-refractivity contribution in [1.82, 2.24) is 4.90 Å². The summed E-state index contributed by atoms with van der Waals surface area (Å²) in [6, 6.07) is 8.32. The largest absolute Gasteiger partial charge is 0.394 e. The number of likely N-dealkylation sites (N-methyl/N-ethyl adjacent to an activating group) is 1. The summed E-state index contributed by atoms with van der Waals surface area (Å²) in [5, 5.41) is 9.25. The molecule has 0 aliphatic rings. The minimum Gasteiger partial charge on any atom is -0.394 e. The summed E-state index contributed by atoms with van der Waals surface area (Å²) in [6.45, 7) is 5.75. The van der Waals surface area contributed by atoms with Gasteiger partial charge in [0, 0.05) is 12.8 Å². The van der Waals surface area contributed by atoms with Gasteiger partial charge in [0.15, 0.2) is 0 Å². The lowest BCUT2D eigenvalue weighted by Crippen LogP contribution is -2.48. The number of carbonyl (C=O) groups excluding carboxylic acids is 1. The van der Waals surface area contributed by atoms with Crippen LogP contribution in [0.4, 0.5) is 0 Å². The first-order valence-corrected chi connectivity index (χ1v) is 7.53. The summed E-state index contributed by atoms with van der Waals surface area (Å²) >= 11 is 1.61. The van der Waals surface area contributed by atoms with Crippen LogP contribution < -0.4 is 0 Å². The molecule has 0 atom stereocenters. The number of amides is 1. The molecule has 1 N–H and O–H groups in total. The van der Waals surface area contributed by atoms with E-state index < -0.39 is 5.54 Å². The maximum atomic E-state index is 12.0. The maximum Gasteiger partial charge on any atom is 0.232 e. The SMILES string of the molecule is Cc1cccc(CSCC(=O)N(C)C(C)(C)CO)c1. The zero-order chi connectivity index (χ0) is 14.5. The van der Waals surface area contributed by atoms with Crippen LogP contribution in [0.25, 0.3) is 0 Å². The topological polar surface area (TPSA) is 40.5 Å². The van der Waals surface area contributed by atoms with Gasteiger partial charge in [-0.25, -0.2) is 0 Å². The highest BCUT2D eigenvalue weighted by atomic mass is 32.2. The van der Waals surface area contributed by atoms with Crippen LogP contribution in [-0.4, -0.2) is 40.9 Å². The van der Waals surface area contributed by atoms with Crippen molar-refractivity contribution in [3.05, 3.63) is 35.4 Å². The van der Waals surface area contributed by atoms with Crippen molar-refractivity contribution < 1.29 is 9.90 Å². The van der Waals surface area contributed by atoms with Crippen molar-refractivity contribution >= 4 is 17.7 Å². The molecule has 1 aromatic rings. The predicted octanol–water partition coefficient (Wildman–Crippen LogP) is 2.46. The fraction of sp³-hybridized carbons (Fsp3) is 0.533. The molecule has 0 unspecified atom stereocenters. The molecule has 1 aromatic carbocycles. The first kappa shape index (κ1) is 16.1. The number of hydrogen-bond acceptors (Lipinski definition) is 3. The van der Waals surface area contributed by atoms with Crippen molar-refractivity contribution in [2.75, 3.05) is 19.4 Å². The summed E-state index contributed by atoms with van der Waals surface area (Å²) in [5.74, 6) is 1.33. The molecule has 0 aromatic heterocycles. The molecular weight excluding hydrogens is 258 g/mol. The lowest BCUT2D eigenvalue weighted by atomic mass is 10.1. The Bertz CT molecular complexity index is 432. The Balaban J connectivity index is 2.43. The molecule has 1 amide bonds. The van der Waals surface area contributed by atoms with E-state index in [0.717, 1.165) is 5.75 Å². The lowest BCUT2D eigenvalue weighted by Gasteiger charge is -2.33. The van der Waals surface area contributed by atoms with Gasteiger partial charge in [0.25, 0.3) is 0 Å². The first-order valence-electron chi connectivity index (χ1n) is 6.37. The van der Waals surface area contributed by atoms with Gasteiger partial charge in [0.1, 0.15) is 0 Å². The van der Waals surface area contributed by atoms with Crippen LogP contribution in [0.5, 0.6) is 0 Å². The molecule has 0 radical (unpaired) electrons.